The van der Waals surface area contributed by atoms with Crippen LogP contribution in [-0.4, -0.2) is 31.9 Å². The molecule has 0 spiro atoms. The van der Waals surface area contributed by atoms with Crippen molar-refractivity contribution < 1.29 is 9.53 Å². The molecular weight excluding hydrogens is 412 g/mol. The summed E-state index contributed by atoms with van der Waals surface area (Å²) in [5.74, 6) is 1.29. The van der Waals surface area contributed by atoms with Crippen molar-refractivity contribution in [1.29, 1.82) is 0 Å². The summed E-state index contributed by atoms with van der Waals surface area (Å²) in [7, 11) is 0. The third kappa shape index (κ3) is 6.07. The first-order chi connectivity index (χ1) is 16.1. The molecule has 2 aromatic carbocycles. The number of imidazole rings is 1. The fraction of sp³-hybridized carbons (Fsp3) is 0.222. The summed E-state index contributed by atoms with van der Waals surface area (Å²) in [6.07, 6.45) is 8.84. The molecule has 0 fully saturated rings. The molecule has 0 saturated carbocycles. The lowest BCUT2D eigenvalue weighted by atomic mass is 10.1. The van der Waals surface area contributed by atoms with E-state index in [0.29, 0.717) is 31.2 Å². The number of carbonyl (C=O) groups excluding carboxylic acids is 1. The highest BCUT2D eigenvalue weighted by molar-refractivity contribution is 5.94. The van der Waals surface area contributed by atoms with Gasteiger partial charge in [0.05, 0.1) is 12.9 Å². The second-order valence-electron chi connectivity index (χ2n) is 8.38. The summed E-state index contributed by atoms with van der Waals surface area (Å²) in [6.45, 7) is 5.92. The van der Waals surface area contributed by atoms with Crippen molar-refractivity contribution in [3.63, 3.8) is 0 Å². The molecular formula is C27H28N4O2. The molecule has 0 bridgehead atoms. The van der Waals surface area contributed by atoms with E-state index in [-0.39, 0.29) is 5.91 Å². The average molecular weight is 441 g/mol. The van der Waals surface area contributed by atoms with Crippen LogP contribution in [0, 0.1) is 5.92 Å². The molecule has 0 saturated heterocycles. The van der Waals surface area contributed by atoms with E-state index in [0.717, 1.165) is 22.6 Å². The third-order valence-corrected chi connectivity index (χ3v) is 5.21. The Kier molecular flexibility index (Phi) is 7.15. The van der Waals surface area contributed by atoms with Gasteiger partial charge in [0.2, 0.25) is 0 Å². The lowest BCUT2D eigenvalue weighted by molar-refractivity contribution is 0.0730. The van der Waals surface area contributed by atoms with Crippen molar-refractivity contribution in [2.24, 2.45) is 5.92 Å². The molecule has 4 rings (SSSR count). The largest absolute Gasteiger partial charge is 0.493 e. The first kappa shape index (κ1) is 22.3. The molecule has 1 amide bonds. The Labute approximate surface area is 194 Å². The van der Waals surface area contributed by atoms with Crippen LogP contribution in [0.3, 0.4) is 0 Å². The van der Waals surface area contributed by atoms with E-state index < -0.39 is 0 Å². The highest BCUT2D eigenvalue weighted by Gasteiger charge is 2.17. The van der Waals surface area contributed by atoms with Crippen molar-refractivity contribution in [3.8, 4) is 11.4 Å². The lowest BCUT2D eigenvalue weighted by Gasteiger charge is -2.23. The van der Waals surface area contributed by atoms with E-state index in [1.165, 1.54) is 0 Å². The van der Waals surface area contributed by atoms with Gasteiger partial charge in [-0.05, 0) is 65.6 Å². The Hall–Kier alpha value is -3.93. The summed E-state index contributed by atoms with van der Waals surface area (Å²) in [6, 6.07) is 19.4. The van der Waals surface area contributed by atoms with Crippen LogP contribution in [0.25, 0.3) is 5.69 Å². The summed E-state index contributed by atoms with van der Waals surface area (Å²) in [5.41, 5.74) is 3.68. The zero-order valence-electron chi connectivity index (χ0n) is 19.0. The zero-order chi connectivity index (χ0) is 23.0. The predicted molar refractivity (Wildman–Crippen MR) is 128 cm³/mol. The highest BCUT2D eigenvalue weighted by Crippen LogP contribution is 2.19. The quantitative estimate of drug-likeness (QED) is 0.361. The van der Waals surface area contributed by atoms with E-state index in [2.05, 4.69) is 23.8 Å². The first-order valence-electron chi connectivity index (χ1n) is 11.1. The van der Waals surface area contributed by atoms with Crippen LogP contribution in [0.2, 0.25) is 0 Å². The molecule has 2 aromatic heterocycles. The smallest absolute Gasteiger partial charge is 0.254 e. The Bertz CT molecular complexity index is 1140. The molecule has 6 heteroatoms. The van der Waals surface area contributed by atoms with Crippen LogP contribution in [0.15, 0.2) is 91.8 Å². The van der Waals surface area contributed by atoms with Gasteiger partial charge in [0, 0.05) is 49.1 Å². The van der Waals surface area contributed by atoms with Gasteiger partial charge in [-0.15, -0.1) is 0 Å². The SMILES string of the molecule is CC(C)COc1ccc(CN(Cc2ccncc2)C(=O)c2ccc(-n3ccnc3)cc2)cc1. The molecule has 0 aliphatic rings. The maximum absolute atomic E-state index is 13.5. The Balaban J connectivity index is 1.52. The molecule has 0 atom stereocenters. The molecule has 4 aromatic rings. The van der Waals surface area contributed by atoms with Crippen LogP contribution in [0.4, 0.5) is 0 Å². The van der Waals surface area contributed by atoms with Crippen LogP contribution in [-0.2, 0) is 13.1 Å². The second-order valence-corrected chi connectivity index (χ2v) is 8.38. The first-order valence-corrected chi connectivity index (χ1v) is 11.1. The Morgan fingerprint density at radius 1 is 0.879 bits per heavy atom. The number of amides is 1. The minimum Gasteiger partial charge on any atom is -0.493 e. The molecule has 0 aliphatic carbocycles. The Morgan fingerprint density at radius 3 is 2.15 bits per heavy atom. The van der Waals surface area contributed by atoms with Crippen molar-refractivity contribution >= 4 is 5.91 Å². The van der Waals surface area contributed by atoms with Gasteiger partial charge >= 0.3 is 0 Å². The van der Waals surface area contributed by atoms with E-state index in [1.807, 2.05) is 76.3 Å². The van der Waals surface area contributed by atoms with E-state index in [9.17, 15) is 4.79 Å². The number of pyridine rings is 1. The van der Waals surface area contributed by atoms with Crippen molar-refractivity contribution in [2.75, 3.05) is 6.61 Å². The van der Waals surface area contributed by atoms with Gasteiger partial charge in [-0.3, -0.25) is 9.78 Å². The van der Waals surface area contributed by atoms with E-state index in [4.69, 9.17) is 4.74 Å². The number of aromatic nitrogens is 3. The van der Waals surface area contributed by atoms with Gasteiger partial charge in [0.15, 0.2) is 0 Å². The summed E-state index contributed by atoms with van der Waals surface area (Å²) in [4.78, 5) is 23.5. The van der Waals surface area contributed by atoms with Gasteiger partial charge in [0.25, 0.3) is 5.91 Å². The monoisotopic (exact) mass is 440 g/mol. The second kappa shape index (κ2) is 10.6. The number of carbonyl (C=O) groups is 1. The number of nitrogens with zero attached hydrogens (tertiary/aromatic N) is 4. The fourth-order valence-electron chi connectivity index (χ4n) is 3.45. The molecule has 168 valence electrons. The standard InChI is InChI=1S/C27H28N4O2/c1-21(2)19-33-26-9-3-22(4-10-26)17-31(18-23-11-13-28-14-12-23)27(32)24-5-7-25(8-6-24)30-16-15-29-20-30/h3-16,20-21H,17-19H2,1-2H3. The summed E-state index contributed by atoms with van der Waals surface area (Å²) >= 11 is 0. The van der Waals surface area contributed by atoms with Gasteiger partial charge in [-0.1, -0.05) is 26.0 Å². The van der Waals surface area contributed by atoms with Gasteiger partial charge in [-0.2, -0.15) is 0 Å². The molecule has 33 heavy (non-hydrogen) atoms. The molecule has 6 nitrogen and oxygen atoms in total. The van der Waals surface area contributed by atoms with Crippen molar-refractivity contribution in [3.05, 3.63) is 108 Å². The van der Waals surface area contributed by atoms with Gasteiger partial charge in [-0.25, -0.2) is 4.98 Å². The number of hydrogen-bond acceptors (Lipinski definition) is 4. The molecule has 0 radical (unpaired) electrons. The lowest BCUT2D eigenvalue weighted by Crippen LogP contribution is -2.30. The minimum atomic E-state index is -0.0240. The van der Waals surface area contributed by atoms with Gasteiger partial charge in [0.1, 0.15) is 5.75 Å². The topological polar surface area (TPSA) is 60.2 Å². The normalized spacial score (nSPS) is 10.9. The maximum Gasteiger partial charge on any atom is 0.254 e. The van der Waals surface area contributed by atoms with Crippen LogP contribution in [0.5, 0.6) is 5.75 Å². The number of ether oxygens (including phenoxy) is 1. The molecule has 0 unspecified atom stereocenters. The number of benzene rings is 2. The number of rotatable bonds is 9. The maximum atomic E-state index is 13.5. The number of hydrogen-bond donors (Lipinski definition) is 0. The molecule has 2 heterocycles. The zero-order valence-corrected chi connectivity index (χ0v) is 19.0. The van der Waals surface area contributed by atoms with Crippen molar-refractivity contribution in [1.82, 2.24) is 19.4 Å². The van der Waals surface area contributed by atoms with Gasteiger partial charge < -0.3 is 14.2 Å². The van der Waals surface area contributed by atoms with Crippen molar-refractivity contribution in [2.45, 2.75) is 26.9 Å². The Morgan fingerprint density at radius 2 is 1.55 bits per heavy atom. The molecule has 0 aliphatic heterocycles. The third-order valence-electron chi connectivity index (χ3n) is 5.21. The molecule has 0 N–H and O–H groups in total. The fourth-order valence-corrected chi connectivity index (χ4v) is 3.45. The van der Waals surface area contributed by atoms with E-state index in [1.54, 1.807) is 24.9 Å². The highest BCUT2D eigenvalue weighted by atomic mass is 16.5. The van der Waals surface area contributed by atoms with Crippen LogP contribution < -0.4 is 4.74 Å². The average Bonchev–Trinajstić information content (AvgIpc) is 3.39. The van der Waals surface area contributed by atoms with Crippen LogP contribution in [0.1, 0.15) is 35.3 Å². The van der Waals surface area contributed by atoms with Crippen LogP contribution >= 0.6 is 0 Å². The predicted octanol–water partition coefficient (Wildman–Crippen LogP) is 5.14. The van der Waals surface area contributed by atoms with E-state index >= 15 is 0 Å². The minimum absolute atomic E-state index is 0.0240. The summed E-state index contributed by atoms with van der Waals surface area (Å²) in [5, 5.41) is 0. The summed E-state index contributed by atoms with van der Waals surface area (Å²) < 4.78 is 7.70.